The van der Waals surface area contributed by atoms with Crippen LogP contribution in [-0.2, 0) is 19.1 Å². The van der Waals surface area contributed by atoms with Crippen LogP contribution in [-0.4, -0.2) is 60.7 Å². The Balaban J connectivity index is 0.000000624. The topological polar surface area (TPSA) is 178 Å². The van der Waals surface area contributed by atoms with Gasteiger partial charge in [0, 0.05) is 10.6 Å². The molecule has 0 unspecified atom stereocenters. The van der Waals surface area contributed by atoms with Crippen molar-refractivity contribution < 1.29 is 53.2 Å². The van der Waals surface area contributed by atoms with E-state index in [1.807, 2.05) is 19.9 Å². The average molecular weight is 768 g/mol. The van der Waals surface area contributed by atoms with Crippen LogP contribution in [0.5, 0.6) is 0 Å². The summed E-state index contributed by atoms with van der Waals surface area (Å²) in [6, 6.07) is 19.1. The van der Waals surface area contributed by atoms with Gasteiger partial charge >= 0.3 is 30.0 Å². The predicted molar refractivity (Wildman–Crippen MR) is 187 cm³/mol. The van der Waals surface area contributed by atoms with Gasteiger partial charge in [0.05, 0.1) is 51.5 Å². The molecule has 11 nitrogen and oxygen atoms in total. The second-order valence-corrected chi connectivity index (χ2v) is 11.1. The van der Waals surface area contributed by atoms with E-state index in [1.54, 1.807) is 49.4 Å². The first-order valence-electron chi connectivity index (χ1n) is 13.6. The molecule has 264 valence electrons. The van der Waals surface area contributed by atoms with Crippen LogP contribution in [0.25, 0.3) is 0 Å². The molecule has 0 radical (unpaired) electrons. The van der Waals surface area contributed by atoms with Gasteiger partial charge in [-0.1, -0.05) is 75.7 Å². The highest BCUT2D eigenvalue weighted by molar-refractivity contribution is 6.34. The van der Waals surface area contributed by atoms with Crippen molar-refractivity contribution in [3.8, 4) is 0 Å². The summed E-state index contributed by atoms with van der Waals surface area (Å²) in [5.41, 5.74) is 4.11. The number of carboxylic acid groups (broad SMARTS) is 2. The smallest absolute Gasteiger partial charge is 0.373 e. The first kappa shape index (κ1) is 45.0. The van der Waals surface area contributed by atoms with E-state index in [2.05, 4.69) is 9.47 Å². The summed E-state index contributed by atoms with van der Waals surface area (Å²) in [5.74, 6) is -2.86. The fourth-order valence-electron chi connectivity index (χ4n) is 3.37. The lowest BCUT2D eigenvalue weighted by Gasteiger charge is -2.02. The summed E-state index contributed by atoms with van der Waals surface area (Å²) in [6.07, 6.45) is 0.892. The molecule has 4 aromatic rings. The molecule has 0 aliphatic carbocycles. The van der Waals surface area contributed by atoms with Crippen molar-refractivity contribution in [2.75, 3.05) is 14.2 Å². The molecule has 4 rings (SSSR count). The van der Waals surface area contributed by atoms with Crippen molar-refractivity contribution in [3.63, 3.8) is 0 Å². The number of aldehydes is 1. The number of ether oxygens (including phenoxy) is 2. The molecule has 4 aromatic carbocycles. The van der Waals surface area contributed by atoms with Crippen LogP contribution in [0.15, 0.2) is 72.8 Å². The van der Waals surface area contributed by atoms with Crippen LogP contribution in [0.2, 0.25) is 20.1 Å². The zero-order chi connectivity index (χ0) is 38.6. The molecule has 0 fully saturated rings. The van der Waals surface area contributed by atoms with Crippen LogP contribution in [0.4, 0.5) is 0 Å². The Morgan fingerprint density at radius 1 is 0.600 bits per heavy atom. The third-order valence-corrected chi connectivity index (χ3v) is 7.23. The number of aryl methyl sites for hydroxylation is 3. The highest BCUT2D eigenvalue weighted by Gasteiger charge is 2.11. The van der Waals surface area contributed by atoms with Gasteiger partial charge in [-0.2, -0.15) is 9.59 Å². The second kappa shape index (κ2) is 23.3. The van der Waals surface area contributed by atoms with Gasteiger partial charge in [0.1, 0.15) is 6.29 Å². The third kappa shape index (κ3) is 15.9. The molecule has 0 aliphatic rings. The minimum absolute atomic E-state index is 0.159. The number of benzene rings is 4. The summed E-state index contributed by atoms with van der Waals surface area (Å²) in [5, 5.41) is 18.7. The number of hydrogen-bond donors (Lipinski definition) is 2. The number of esters is 2. The lowest BCUT2D eigenvalue weighted by molar-refractivity contribution is -0.191. The SMILES string of the molecule is COC(=O)c1cc(C)ccc1Cl.COC(=O)c1cc(C=O)ccc1Cl.Cc1cc(C(=O)O)ccc1Cl.Cc1ccc(Cl)c(C(=O)O)c1.O=C=O. The van der Waals surface area contributed by atoms with Crippen LogP contribution < -0.4 is 0 Å². The van der Waals surface area contributed by atoms with Gasteiger partial charge in [-0.3, -0.25) is 4.79 Å². The number of carbonyl (C=O) groups is 5. The Bertz CT molecular complexity index is 1850. The second-order valence-electron chi connectivity index (χ2n) is 9.46. The van der Waals surface area contributed by atoms with E-state index in [9.17, 15) is 24.0 Å². The maximum absolute atomic E-state index is 11.1. The molecule has 0 saturated heterocycles. The van der Waals surface area contributed by atoms with Crippen LogP contribution >= 0.6 is 46.4 Å². The molecule has 2 N–H and O–H groups in total. The van der Waals surface area contributed by atoms with E-state index >= 15 is 0 Å². The number of carboxylic acids is 2. The number of hydrogen-bond acceptors (Lipinski definition) is 9. The Morgan fingerprint density at radius 3 is 1.38 bits per heavy atom. The van der Waals surface area contributed by atoms with Crippen LogP contribution in [0, 0.1) is 20.8 Å². The first-order chi connectivity index (χ1) is 23.5. The molecule has 0 spiro atoms. The van der Waals surface area contributed by atoms with E-state index < -0.39 is 23.9 Å². The molecule has 0 atom stereocenters. The van der Waals surface area contributed by atoms with E-state index in [0.717, 1.165) is 16.7 Å². The van der Waals surface area contributed by atoms with Crippen LogP contribution in [0.3, 0.4) is 0 Å². The summed E-state index contributed by atoms with van der Waals surface area (Å²) in [4.78, 5) is 69.7. The van der Waals surface area contributed by atoms with Crippen molar-refractivity contribution >= 4 is 82.7 Å². The van der Waals surface area contributed by atoms with Gasteiger partial charge in [0.15, 0.2) is 0 Å². The molecule has 0 amide bonds. The monoisotopic (exact) mass is 766 g/mol. The molecular formula is C35H30Cl4O11. The average Bonchev–Trinajstić information content (AvgIpc) is 3.08. The normalized spacial score (nSPS) is 9.14. The van der Waals surface area contributed by atoms with Crippen molar-refractivity contribution in [1.29, 1.82) is 0 Å². The lowest BCUT2D eigenvalue weighted by Crippen LogP contribution is -2.02. The number of methoxy groups -OCH3 is 2. The van der Waals surface area contributed by atoms with Crippen molar-refractivity contribution in [1.82, 2.24) is 0 Å². The van der Waals surface area contributed by atoms with Gasteiger partial charge in [0.2, 0.25) is 0 Å². The minimum Gasteiger partial charge on any atom is -0.478 e. The maximum atomic E-state index is 11.1. The van der Waals surface area contributed by atoms with Crippen LogP contribution in [0.1, 0.15) is 68.5 Å². The quantitative estimate of drug-likeness (QED) is 0.147. The molecule has 0 bridgehead atoms. The number of rotatable bonds is 5. The lowest BCUT2D eigenvalue weighted by atomic mass is 10.1. The maximum Gasteiger partial charge on any atom is 0.373 e. The minimum atomic E-state index is -0.987. The zero-order valence-electron chi connectivity index (χ0n) is 27.1. The first-order valence-corrected chi connectivity index (χ1v) is 15.1. The van der Waals surface area contributed by atoms with Crippen molar-refractivity contribution in [2.45, 2.75) is 20.8 Å². The molecule has 0 aromatic heterocycles. The molecule has 50 heavy (non-hydrogen) atoms. The summed E-state index contributed by atoms with van der Waals surface area (Å²) >= 11 is 22.8. The predicted octanol–water partition coefficient (Wildman–Crippen LogP) is 8.48. The standard InChI is InChI=1S/C9H7ClO3.C9H9ClO2.2C8H7ClO2.CO2/c1-13-9(12)7-4-6(5-11)2-3-8(7)10;1-6-3-4-8(10)7(5-6)9(11)12-2;1-5-4-6(8(10)11)2-3-7(5)9;1-5-2-3-7(9)6(4-5)8(10)11;2-1-3/h2-5H,1H3;3-5H,1-2H3;2*2-4H,1H3,(H,10,11);. The Labute approximate surface area is 307 Å². The molecule has 0 heterocycles. The van der Waals surface area contributed by atoms with Crippen molar-refractivity contribution in [2.24, 2.45) is 0 Å². The highest BCUT2D eigenvalue weighted by atomic mass is 35.5. The third-order valence-electron chi connectivity index (χ3n) is 5.82. The molecule has 0 saturated carbocycles. The van der Waals surface area contributed by atoms with Crippen molar-refractivity contribution in [3.05, 3.63) is 137 Å². The number of aromatic carboxylic acids is 2. The van der Waals surface area contributed by atoms with Gasteiger partial charge in [0.25, 0.3) is 0 Å². The fourth-order valence-corrected chi connectivity index (χ4v) is 4.07. The van der Waals surface area contributed by atoms with E-state index in [0.29, 0.717) is 27.5 Å². The largest absolute Gasteiger partial charge is 0.478 e. The van der Waals surface area contributed by atoms with Gasteiger partial charge in [-0.05, 0) is 80.9 Å². The Hall–Kier alpha value is -5.03. The fraction of sp³-hybridized carbons (Fsp3) is 0.143. The molecule has 0 aliphatic heterocycles. The summed E-state index contributed by atoms with van der Waals surface area (Å²) < 4.78 is 9.03. The highest BCUT2D eigenvalue weighted by Crippen LogP contribution is 2.19. The summed E-state index contributed by atoms with van der Waals surface area (Å²) in [6.45, 7) is 5.49. The summed E-state index contributed by atoms with van der Waals surface area (Å²) in [7, 11) is 2.59. The number of carbonyl (C=O) groups excluding carboxylic acids is 5. The molecule has 15 heteroatoms. The molecular weight excluding hydrogens is 738 g/mol. The van der Waals surface area contributed by atoms with E-state index in [-0.39, 0.29) is 32.9 Å². The van der Waals surface area contributed by atoms with Gasteiger partial charge in [-0.25, -0.2) is 19.2 Å². The number of halogens is 4. The Morgan fingerprint density at radius 2 is 1.00 bits per heavy atom. The van der Waals surface area contributed by atoms with Gasteiger partial charge < -0.3 is 19.7 Å². The van der Waals surface area contributed by atoms with E-state index in [1.165, 1.54) is 38.5 Å². The zero-order valence-corrected chi connectivity index (χ0v) is 30.1. The Kier molecular flexibility index (Phi) is 21.0. The van der Waals surface area contributed by atoms with E-state index in [4.69, 9.17) is 66.2 Å². The van der Waals surface area contributed by atoms with Gasteiger partial charge in [-0.15, -0.1) is 0 Å².